The summed E-state index contributed by atoms with van der Waals surface area (Å²) in [6.45, 7) is 6.88. The molecule has 1 fully saturated rings. The Morgan fingerprint density at radius 2 is 2.11 bits per heavy atom. The van der Waals surface area contributed by atoms with Gasteiger partial charge in [0.1, 0.15) is 0 Å². The van der Waals surface area contributed by atoms with E-state index in [4.69, 9.17) is 0 Å². The first-order chi connectivity index (χ1) is 8.89. The maximum Gasteiger partial charge on any atom is 0.228 e. The number of carbonyl (C=O) groups excluding carboxylic acids is 1. The van der Waals surface area contributed by atoms with Crippen LogP contribution in [0.1, 0.15) is 37.8 Å². The van der Waals surface area contributed by atoms with E-state index in [0.717, 1.165) is 12.8 Å². The van der Waals surface area contributed by atoms with Crippen molar-refractivity contribution in [1.29, 1.82) is 0 Å². The van der Waals surface area contributed by atoms with Crippen molar-refractivity contribution in [1.82, 2.24) is 5.32 Å². The van der Waals surface area contributed by atoms with Crippen LogP contribution in [0.2, 0.25) is 0 Å². The number of rotatable bonds is 5. The zero-order valence-electron chi connectivity index (χ0n) is 12.0. The van der Waals surface area contributed by atoms with Crippen LogP contribution in [0.3, 0.4) is 0 Å². The number of nitrogens with one attached hydrogen (secondary N) is 1. The van der Waals surface area contributed by atoms with Gasteiger partial charge in [-0.3, -0.25) is 4.79 Å². The Labute approximate surface area is 115 Å². The standard InChI is InChI=1S/C16H23NO2/c1-12-5-4-6-13(9-12)15(2,3)10-17-14(19)16(11-18)7-8-16/h4-6,9,18H,7-8,10-11H2,1-3H3,(H,17,19). The van der Waals surface area contributed by atoms with Crippen LogP contribution in [0.15, 0.2) is 24.3 Å². The van der Waals surface area contributed by atoms with Crippen molar-refractivity contribution in [2.45, 2.75) is 39.0 Å². The lowest BCUT2D eigenvalue weighted by Gasteiger charge is -2.27. The van der Waals surface area contributed by atoms with Crippen LogP contribution in [-0.2, 0) is 10.2 Å². The predicted molar refractivity (Wildman–Crippen MR) is 76.0 cm³/mol. The second-order valence-electron chi connectivity index (χ2n) is 6.37. The molecule has 0 radical (unpaired) electrons. The number of amides is 1. The lowest BCUT2D eigenvalue weighted by Crippen LogP contribution is -2.41. The number of carbonyl (C=O) groups is 1. The molecular formula is C16H23NO2. The molecule has 19 heavy (non-hydrogen) atoms. The first kappa shape index (κ1) is 14.1. The fourth-order valence-electron chi connectivity index (χ4n) is 2.26. The minimum atomic E-state index is -0.483. The average Bonchev–Trinajstić information content (AvgIpc) is 3.17. The van der Waals surface area contributed by atoms with Gasteiger partial charge in [0, 0.05) is 12.0 Å². The summed E-state index contributed by atoms with van der Waals surface area (Å²) in [6.07, 6.45) is 1.61. The van der Waals surface area contributed by atoms with E-state index in [-0.39, 0.29) is 17.9 Å². The van der Waals surface area contributed by atoms with Crippen LogP contribution in [-0.4, -0.2) is 24.2 Å². The van der Waals surface area contributed by atoms with E-state index in [9.17, 15) is 9.90 Å². The van der Waals surface area contributed by atoms with E-state index in [2.05, 4.69) is 44.3 Å². The molecule has 1 aromatic carbocycles. The molecule has 0 atom stereocenters. The Kier molecular flexibility index (Phi) is 3.68. The highest BCUT2D eigenvalue weighted by atomic mass is 16.3. The van der Waals surface area contributed by atoms with Crippen LogP contribution >= 0.6 is 0 Å². The van der Waals surface area contributed by atoms with Gasteiger partial charge < -0.3 is 10.4 Å². The van der Waals surface area contributed by atoms with Crippen LogP contribution < -0.4 is 5.32 Å². The van der Waals surface area contributed by atoms with Crippen LogP contribution in [0.4, 0.5) is 0 Å². The first-order valence-electron chi connectivity index (χ1n) is 6.86. The molecular weight excluding hydrogens is 238 g/mol. The largest absolute Gasteiger partial charge is 0.395 e. The summed E-state index contributed by atoms with van der Waals surface area (Å²) in [5.41, 5.74) is 1.86. The van der Waals surface area contributed by atoms with Crippen molar-refractivity contribution in [3.63, 3.8) is 0 Å². The maximum absolute atomic E-state index is 12.0. The Morgan fingerprint density at radius 3 is 2.63 bits per heavy atom. The van der Waals surface area contributed by atoms with E-state index in [0.29, 0.717) is 6.54 Å². The van der Waals surface area contributed by atoms with Crippen molar-refractivity contribution < 1.29 is 9.90 Å². The van der Waals surface area contributed by atoms with Gasteiger partial charge in [-0.1, -0.05) is 43.7 Å². The summed E-state index contributed by atoms with van der Waals surface area (Å²) in [5, 5.41) is 12.2. The Balaban J connectivity index is 2.00. The van der Waals surface area contributed by atoms with E-state index < -0.39 is 5.41 Å². The van der Waals surface area contributed by atoms with Crippen molar-refractivity contribution in [2.24, 2.45) is 5.41 Å². The third-order valence-electron chi connectivity index (χ3n) is 4.13. The molecule has 2 rings (SSSR count). The van der Waals surface area contributed by atoms with Gasteiger partial charge in [-0.05, 0) is 25.3 Å². The number of hydrogen-bond acceptors (Lipinski definition) is 2. The Morgan fingerprint density at radius 1 is 1.42 bits per heavy atom. The highest BCUT2D eigenvalue weighted by Gasteiger charge is 2.49. The predicted octanol–water partition coefficient (Wildman–Crippen LogP) is 2.16. The molecule has 104 valence electrons. The molecule has 0 bridgehead atoms. The van der Waals surface area contributed by atoms with Gasteiger partial charge >= 0.3 is 0 Å². The molecule has 1 aliphatic rings. The van der Waals surface area contributed by atoms with E-state index in [1.54, 1.807) is 0 Å². The molecule has 0 aromatic heterocycles. The third-order valence-corrected chi connectivity index (χ3v) is 4.13. The van der Waals surface area contributed by atoms with E-state index in [1.807, 2.05) is 6.07 Å². The molecule has 2 N–H and O–H groups in total. The second-order valence-corrected chi connectivity index (χ2v) is 6.37. The van der Waals surface area contributed by atoms with Crippen molar-refractivity contribution in [3.05, 3.63) is 35.4 Å². The van der Waals surface area contributed by atoms with Crippen molar-refractivity contribution >= 4 is 5.91 Å². The van der Waals surface area contributed by atoms with Crippen molar-refractivity contribution in [2.75, 3.05) is 13.2 Å². The smallest absolute Gasteiger partial charge is 0.228 e. The van der Waals surface area contributed by atoms with Gasteiger partial charge in [-0.2, -0.15) is 0 Å². The minimum absolute atomic E-state index is 0.00396. The summed E-state index contributed by atoms with van der Waals surface area (Å²) < 4.78 is 0. The number of benzene rings is 1. The minimum Gasteiger partial charge on any atom is -0.395 e. The molecule has 0 aliphatic heterocycles. The van der Waals surface area contributed by atoms with Gasteiger partial charge in [-0.25, -0.2) is 0 Å². The lowest BCUT2D eigenvalue weighted by atomic mass is 9.83. The fourth-order valence-corrected chi connectivity index (χ4v) is 2.26. The second kappa shape index (κ2) is 4.97. The molecule has 1 aromatic rings. The molecule has 1 aliphatic carbocycles. The van der Waals surface area contributed by atoms with E-state index in [1.165, 1.54) is 11.1 Å². The molecule has 3 nitrogen and oxygen atoms in total. The zero-order chi connectivity index (χ0) is 14.1. The summed E-state index contributed by atoms with van der Waals surface area (Å²) in [4.78, 5) is 12.0. The highest BCUT2D eigenvalue weighted by Crippen LogP contribution is 2.45. The normalized spacial score (nSPS) is 17.1. The third kappa shape index (κ3) is 2.98. The van der Waals surface area contributed by atoms with Gasteiger partial charge in [0.15, 0.2) is 0 Å². The maximum atomic E-state index is 12.0. The highest BCUT2D eigenvalue weighted by molar-refractivity contribution is 5.85. The van der Waals surface area contributed by atoms with Crippen molar-refractivity contribution in [3.8, 4) is 0 Å². The molecule has 0 unspecified atom stereocenters. The van der Waals surface area contributed by atoms with Gasteiger partial charge in [0.05, 0.1) is 12.0 Å². The van der Waals surface area contributed by atoms with Gasteiger partial charge in [0.2, 0.25) is 5.91 Å². The Hall–Kier alpha value is -1.35. The average molecular weight is 261 g/mol. The summed E-state index contributed by atoms with van der Waals surface area (Å²) in [6, 6.07) is 8.37. The van der Waals surface area contributed by atoms with E-state index >= 15 is 0 Å². The molecule has 1 saturated carbocycles. The summed E-state index contributed by atoms with van der Waals surface area (Å²) in [7, 11) is 0. The summed E-state index contributed by atoms with van der Waals surface area (Å²) in [5.74, 6) is -0.00396. The SMILES string of the molecule is Cc1cccc(C(C)(C)CNC(=O)C2(CO)CC2)c1. The first-order valence-corrected chi connectivity index (χ1v) is 6.86. The van der Waals surface area contributed by atoms with Crippen LogP contribution in [0.5, 0.6) is 0 Å². The number of aliphatic hydroxyl groups is 1. The Bertz CT molecular complexity index is 475. The van der Waals surface area contributed by atoms with Gasteiger partial charge in [0.25, 0.3) is 0 Å². The molecule has 0 heterocycles. The number of aliphatic hydroxyl groups excluding tert-OH is 1. The molecule has 0 saturated heterocycles. The van der Waals surface area contributed by atoms with Crippen LogP contribution in [0.25, 0.3) is 0 Å². The quantitative estimate of drug-likeness (QED) is 0.853. The summed E-state index contributed by atoms with van der Waals surface area (Å²) >= 11 is 0. The lowest BCUT2D eigenvalue weighted by molar-refractivity contribution is -0.127. The zero-order valence-corrected chi connectivity index (χ0v) is 12.0. The number of hydrogen-bond donors (Lipinski definition) is 2. The van der Waals surface area contributed by atoms with Crippen LogP contribution in [0, 0.1) is 12.3 Å². The molecule has 0 spiro atoms. The fraction of sp³-hybridized carbons (Fsp3) is 0.562. The van der Waals surface area contributed by atoms with Gasteiger partial charge in [-0.15, -0.1) is 0 Å². The monoisotopic (exact) mass is 261 g/mol. The molecule has 3 heteroatoms. The topological polar surface area (TPSA) is 49.3 Å². The number of aryl methyl sites for hydroxylation is 1. The molecule has 1 amide bonds.